The van der Waals surface area contributed by atoms with Crippen molar-refractivity contribution in [1.82, 2.24) is 0 Å². The van der Waals surface area contributed by atoms with E-state index in [1.165, 1.54) is 5.57 Å². The molecule has 2 aliphatic heterocycles. The molecule has 2 heterocycles. The molecule has 8 N–H and O–H groups in total. The molecule has 0 spiro atoms. The van der Waals surface area contributed by atoms with E-state index in [1.807, 2.05) is 19.9 Å². The van der Waals surface area contributed by atoms with Crippen LogP contribution in [0.5, 0.6) is 0 Å². The van der Waals surface area contributed by atoms with E-state index in [0.29, 0.717) is 19.3 Å². The van der Waals surface area contributed by atoms with Crippen molar-refractivity contribution in [3.05, 3.63) is 23.3 Å². The minimum absolute atomic E-state index is 0.0574. The van der Waals surface area contributed by atoms with Crippen LogP contribution in [0.1, 0.15) is 107 Å². The minimum atomic E-state index is -1.55. The lowest BCUT2D eigenvalue weighted by Crippen LogP contribution is -2.64. The van der Waals surface area contributed by atoms with Gasteiger partial charge in [0.1, 0.15) is 42.7 Å². The monoisotopic (exact) mass is 766 g/mol. The first-order chi connectivity index (χ1) is 25.1. The maximum atomic E-state index is 11.2. The number of allylic oxidation sites excluding steroid dienone is 2. The van der Waals surface area contributed by atoms with Crippen molar-refractivity contribution < 1.29 is 59.8 Å². The molecular formula is C42H70O12. The zero-order valence-electron chi connectivity index (χ0n) is 33.8. The number of aliphatic hydroxyl groups is 8. The van der Waals surface area contributed by atoms with Gasteiger partial charge in [-0.05, 0) is 105 Å². The molecule has 310 valence electrons. The van der Waals surface area contributed by atoms with Gasteiger partial charge in [-0.1, -0.05) is 64.8 Å². The lowest BCUT2D eigenvalue weighted by atomic mass is 9.40. The minimum Gasteiger partial charge on any atom is -0.394 e. The zero-order valence-corrected chi connectivity index (χ0v) is 33.8. The molecule has 2 saturated heterocycles. The molecule has 12 heteroatoms. The quantitative estimate of drug-likeness (QED) is 0.160. The molecule has 20 unspecified atom stereocenters. The van der Waals surface area contributed by atoms with E-state index in [0.717, 1.165) is 31.3 Å². The fourth-order valence-corrected chi connectivity index (χ4v) is 12.5. The van der Waals surface area contributed by atoms with Crippen molar-refractivity contribution in [2.75, 3.05) is 6.61 Å². The summed E-state index contributed by atoms with van der Waals surface area (Å²) in [6.07, 6.45) is -4.10. The van der Waals surface area contributed by atoms with Gasteiger partial charge in [-0.2, -0.15) is 0 Å². The van der Waals surface area contributed by atoms with Gasteiger partial charge < -0.3 is 59.8 Å². The van der Waals surface area contributed by atoms with Crippen molar-refractivity contribution in [2.24, 2.45) is 45.3 Å². The van der Waals surface area contributed by atoms with E-state index in [-0.39, 0.29) is 45.3 Å². The Labute approximate surface area is 321 Å². The zero-order chi connectivity index (χ0) is 39.9. The predicted octanol–water partition coefficient (Wildman–Crippen LogP) is 2.95. The highest BCUT2D eigenvalue weighted by molar-refractivity contribution is 5.35. The molecule has 6 aliphatic rings. The van der Waals surface area contributed by atoms with Gasteiger partial charge in [0.2, 0.25) is 0 Å². The Kier molecular flexibility index (Phi) is 12.1. The van der Waals surface area contributed by atoms with Crippen molar-refractivity contribution >= 4 is 0 Å². The summed E-state index contributed by atoms with van der Waals surface area (Å²) in [5, 5.41) is 85.4. The molecule has 5 fully saturated rings. The summed E-state index contributed by atoms with van der Waals surface area (Å²) >= 11 is 0. The summed E-state index contributed by atoms with van der Waals surface area (Å²) in [7, 11) is 0. The Balaban J connectivity index is 1.34. The molecule has 12 nitrogen and oxygen atoms in total. The maximum Gasteiger partial charge on any atom is 0.187 e. The maximum absolute atomic E-state index is 11.2. The van der Waals surface area contributed by atoms with E-state index in [9.17, 15) is 40.9 Å². The number of rotatable bonds is 9. The lowest BCUT2D eigenvalue weighted by molar-refractivity contribution is -0.325. The molecule has 6 rings (SSSR count). The summed E-state index contributed by atoms with van der Waals surface area (Å²) in [6.45, 7) is 18.8. The van der Waals surface area contributed by atoms with Crippen molar-refractivity contribution in [3.63, 3.8) is 0 Å². The van der Waals surface area contributed by atoms with E-state index in [1.54, 1.807) is 6.92 Å². The molecule has 54 heavy (non-hydrogen) atoms. The molecule has 0 bridgehead atoms. The van der Waals surface area contributed by atoms with Gasteiger partial charge >= 0.3 is 0 Å². The fraction of sp³-hybridized carbons (Fsp3) is 0.905. The summed E-state index contributed by atoms with van der Waals surface area (Å²) in [5.41, 5.74) is 1.34. The van der Waals surface area contributed by atoms with Crippen LogP contribution in [0.3, 0.4) is 0 Å². The fourth-order valence-electron chi connectivity index (χ4n) is 12.5. The first-order valence-corrected chi connectivity index (χ1v) is 20.5. The van der Waals surface area contributed by atoms with Crippen LogP contribution in [0.4, 0.5) is 0 Å². The van der Waals surface area contributed by atoms with Crippen LogP contribution >= 0.6 is 0 Å². The molecular weight excluding hydrogens is 696 g/mol. The van der Waals surface area contributed by atoms with Crippen molar-refractivity contribution in [1.29, 1.82) is 0 Å². The van der Waals surface area contributed by atoms with Crippen LogP contribution in [-0.4, -0.2) is 127 Å². The molecule has 0 amide bonds. The molecule has 4 aliphatic carbocycles. The van der Waals surface area contributed by atoms with Gasteiger partial charge in [0.25, 0.3) is 0 Å². The molecule has 0 radical (unpaired) electrons. The van der Waals surface area contributed by atoms with E-state index in [2.05, 4.69) is 47.6 Å². The average molecular weight is 767 g/mol. The van der Waals surface area contributed by atoms with Crippen LogP contribution in [0.25, 0.3) is 0 Å². The van der Waals surface area contributed by atoms with Crippen LogP contribution in [0.2, 0.25) is 0 Å². The third-order valence-electron chi connectivity index (χ3n) is 15.9. The topological polar surface area (TPSA) is 199 Å². The van der Waals surface area contributed by atoms with Crippen molar-refractivity contribution in [2.45, 2.75) is 187 Å². The average Bonchev–Trinajstić information content (AvgIpc) is 3.38. The highest BCUT2D eigenvalue weighted by atomic mass is 16.7. The predicted molar refractivity (Wildman–Crippen MR) is 199 cm³/mol. The normalized spacial score (nSPS) is 51.3. The molecule has 20 atom stereocenters. The van der Waals surface area contributed by atoms with E-state index >= 15 is 0 Å². The second-order valence-electron chi connectivity index (χ2n) is 19.6. The molecule has 3 saturated carbocycles. The number of ether oxygens (including phenoxy) is 4. The summed E-state index contributed by atoms with van der Waals surface area (Å²) < 4.78 is 25.2. The molecule has 0 aromatic carbocycles. The highest BCUT2D eigenvalue weighted by Gasteiger charge is 2.68. The third kappa shape index (κ3) is 6.89. The Morgan fingerprint density at radius 1 is 0.870 bits per heavy atom. The first-order valence-electron chi connectivity index (χ1n) is 20.5. The molecule has 0 aromatic rings. The van der Waals surface area contributed by atoms with Crippen LogP contribution in [0.15, 0.2) is 23.3 Å². The SMILES string of the molecule is CC(C)=CC(CC(C)C1CCC2(C)C3=CCC4C(C)(C)C(O)CCC4(C)C3C(OC3OC(CO)C(O)C(O)C3O)CC12C)OC1OC(C)C(O)C(O)C1O. The summed E-state index contributed by atoms with van der Waals surface area (Å²) in [5.74, 6) is 0.458. The Morgan fingerprint density at radius 2 is 1.52 bits per heavy atom. The number of hydrogen-bond acceptors (Lipinski definition) is 12. The second-order valence-corrected chi connectivity index (χ2v) is 19.6. The molecule has 0 aromatic heterocycles. The lowest BCUT2D eigenvalue weighted by Gasteiger charge is -2.66. The number of hydrogen-bond donors (Lipinski definition) is 8. The van der Waals surface area contributed by atoms with Gasteiger partial charge in [-0.3, -0.25) is 0 Å². The van der Waals surface area contributed by atoms with Crippen LogP contribution in [0, 0.1) is 45.3 Å². The highest BCUT2D eigenvalue weighted by Crippen LogP contribution is 2.74. The van der Waals surface area contributed by atoms with Gasteiger partial charge in [0, 0.05) is 5.92 Å². The third-order valence-corrected chi connectivity index (χ3v) is 15.9. The first kappa shape index (κ1) is 42.6. The van der Waals surface area contributed by atoms with Gasteiger partial charge in [-0.25, -0.2) is 0 Å². The number of aliphatic hydroxyl groups excluding tert-OH is 8. The Hall–Kier alpha value is -1.00. The Bertz CT molecular complexity index is 1400. The van der Waals surface area contributed by atoms with Crippen LogP contribution in [-0.2, 0) is 18.9 Å². The van der Waals surface area contributed by atoms with E-state index in [4.69, 9.17) is 18.9 Å². The Morgan fingerprint density at radius 3 is 2.17 bits per heavy atom. The summed E-state index contributed by atoms with van der Waals surface area (Å²) in [6, 6.07) is 0. The second kappa shape index (κ2) is 15.3. The van der Waals surface area contributed by atoms with Crippen molar-refractivity contribution in [3.8, 4) is 0 Å². The standard InChI is InChI=1S/C42H70O12/c1-20(2)16-23(52-37-35(49)33(47)31(45)22(4)51-37)17-21(3)24-12-15-41(8)25-10-11-28-39(5,6)29(44)13-14-40(28,7)30(25)26(18-42(24,41)9)53-38-36(50)34(48)32(46)27(19-43)54-38/h10,16,21-24,26-38,43-50H,11-15,17-19H2,1-9H3. The number of fused-ring (bicyclic) bond motifs is 5. The van der Waals surface area contributed by atoms with Gasteiger partial charge in [0.15, 0.2) is 12.6 Å². The van der Waals surface area contributed by atoms with Crippen LogP contribution < -0.4 is 0 Å². The van der Waals surface area contributed by atoms with Gasteiger partial charge in [-0.15, -0.1) is 0 Å². The smallest absolute Gasteiger partial charge is 0.187 e. The van der Waals surface area contributed by atoms with E-state index < -0.39 is 86.3 Å². The largest absolute Gasteiger partial charge is 0.394 e. The summed E-state index contributed by atoms with van der Waals surface area (Å²) in [4.78, 5) is 0. The van der Waals surface area contributed by atoms with Gasteiger partial charge in [0.05, 0.1) is 31.0 Å².